The van der Waals surface area contributed by atoms with E-state index in [4.69, 9.17) is 4.74 Å². The summed E-state index contributed by atoms with van der Waals surface area (Å²) in [4.78, 5) is 11.6. The van der Waals surface area contributed by atoms with Crippen LogP contribution in [-0.4, -0.2) is 11.6 Å². The highest BCUT2D eigenvalue weighted by atomic mass is 16.6. The van der Waals surface area contributed by atoms with Crippen LogP contribution in [0, 0.1) is 10.8 Å². The SMILES string of the molecule is CC12CC[C@](C)(C(=O)O1)C2(C)C. The van der Waals surface area contributed by atoms with Gasteiger partial charge < -0.3 is 4.74 Å². The van der Waals surface area contributed by atoms with Crippen molar-refractivity contribution in [2.24, 2.45) is 10.8 Å². The summed E-state index contributed by atoms with van der Waals surface area (Å²) in [5.74, 6) is 0.00116. The van der Waals surface area contributed by atoms with Gasteiger partial charge in [0.15, 0.2) is 0 Å². The molecule has 2 bridgehead atoms. The lowest BCUT2D eigenvalue weighted by molar-refractivity contribution is -0.158. The minimum Gasteiger partial charge on any atom is -0.458 e. The van der Waals surface area contributed by atoms with Gasteiger partial charge in [-0.25, -0.2) is 0 Å². The van der Waals surface area contributed by atoms with Crippen LogP contribution in [0.3, 0.4) is 0 Å². The quantitative estimate of drug-likeness (QED) is 0.518. The third kappa shape index (κ3) is 0.540. The molecule has 0 radical (unpaired) electrons. The first-order chi connectivity index (χ1) is 5.33. The van der Waals surface area contributed by atoms with Gasteiger partial charge in [-0.3, -0.25) is 4.79 Å². The highest BCUT2D eigenvalue weighted by molar-refractivity contribution is 5.82. The zero-order valence-corrected chi connectivity index (χ0v) is 8.23. The molecule has 1 saturated carbocycles. The largest absolute Gasteiger partial charge is 0.458 e. The summed E-state index contributed by atoms with van der Waals surface area (Å²) < 4.78 is 5.43. The van der Waals surface area contributed by atoms with E-state index >= 15 is 0 Å². The molecule has 0 N–H and O–H groups in total. The Kier molecular flexibility index (Phi) is 1.15. The number of ether oxygens (including phenoxy) is 1. The number of esters is 1. The van der Waals surface area contributed by atoms with E-state index < -0.39 is 0 Å². The lowest BCUT2D eigenvalue weighted by atomic mass is 9.67. The van der Waals surface area contributed by atoms with E-state index in [1.807, 2.05) is 6.92 Å². The third-order valence-corrected chi connectivity index (χ3v) is 4.57. The number of hydrogen-bond donors (Lipinski definition) is 0. The van der Waals surface area contributed by atoms with Crippen LogP contribution in [0.4, 0.5) is 0 Å². The van der Waals surface area contributed by atoms with E-state index in [2.05, 4.69) is 20.8 Å². The van der Waals surface area contributed by atoms with Crippen molar-refractivity contribution in [2.45, 2.75) is 46.1 Å². The molecule has 0 amide bonds. The fraction of sp³-hybridized carbons (Fsp3) is 0.900. The first-order valence-corrected chi connectivity index (χ1v) is 4.57. The van der Waals surface area contributed by atoms with E-state index in [-0.39, 0.29) is 22.4 Å². The van der Waals surface area contributed by atoms with Gasteiger partial charge >= 0.3 is 5.97 Å². The van der Waals surface area contributed by atoms with Crippen molar-refractivity contribution < 1.29 is 9.53 Å². The second-order valence-corrected chi connectivity index (χ2v) is 5.08. The molecule has 0 aromatic rings. The Morgan fingerprint density at radius 2 is 1.75 bits per heavy atom. The Bertz CT molecular complexity index is 257. The van der Waals surface area contributed by atoms with Crippen LogP contribution in [0.2, 0.25) is 0 Å². The van der Waals surface area contributed by atoms with Gasteiger partial charge in [-0.05, 0) is 26.7 Å². The van der Waals surface area contributed by atoms with Gasteiger partial charge in [-0.15, -0.1) is 0 Å². The van der Waals surface area contributed by atoms with Crippen molar-refractivity contribution in [3.8, 4) is 0 Å². The van der Waals surface area contributed by atoms with Gasteiger partial charge in [-0.1, -0.05) is 13.8 Å². The predicted octanol–water partition coefficient (Wildman–Crippen LogP) is 2.13. The van der Waals surface area contributed by atoms with E-state index in [1.165, 1.54) is 0 Å². The lowest BCUT2D eigenvalue weighted by Crippen LogP contribution is -2.38. The summed E-state index contributed by atoms with van der Waals surface area (Å²) in [6.45, 7) is 8.38. The minimum absolute atomic E-state index is 0.00116. The molecule has 2 atom stereocenters. The zero-order valence-electron chi connectivity index (χ0n) is 8.23. The number of rotatable bonds is 0. The lowest BCUT2D eigenvalue weighted by Gasteiger charge is -2.33. The maximum atomic E-state index is 11.6. The van der Waals surface area contributed by atoms with Gasteiger partial charge in [0.2, 0.25) is 0 Å². The third-order valence-electron chi connectivity index (χ3n) is 4.57. The van der Waals surface area contributed by atoms with Gasteiger partial charge in [0.25, 0.3) is 0 Å². The van der Waals surface area contributed by atoms with Gasteiger partial charge in [0.05, 0.1) is 5.41 Å². The second kappa shape index (κ2) is 1.70. The molecule has 0 aromatic heterocycles. The van der Waals surface area contributed by atoms with Crippen molar-refractivity contribution in [1.82, 2.24) is 0 Å². The van der Waals surface area contributed by atoms with Crippen LogP contribution in [0.25, 0.3) is 0 Å². The second-order valence-electron chi connectivity index (χ2n) is 5.08. The molecule has 0 spiro atoms. The first-order valence-electron chi connectivity index (χ1n) is 4.57. The summed E-state index contributed by atoms with van der Waals surface area (Å²) in [5, 5.41) is 0. The number of hydrogen-bond acceptors (Lipinski definition) is 2. The maximum Gasteiger partial charge on any atom is 0.313 e. The average molecular weight is 168 g/mol. The molecule has 2 aliphatic rings. The molecule has 1 aliphatic carbocycles. The highest BCUT2D eigenvalue weighted by Crippen LogP contribution is 2.65. The number of carbonyl (C=O) groups is 1. The Morgan fingerprint density at radius 1 is 1.17 bits per heavy atom. The molecular weight excluding hydrogens is 152 g/mol. The van der Waals surface area contributed by atoms with Gasteiger partial charge in [0.1, 0.15) is 5.60 Å². The summed E-state index contributed by atoms with van der Waals surface area (Å²) in [6, 6.07) is 0. The van der Waals surface area contributed by atoms with E-state index in [9.17, 15) is 4.79 Å². The molecule has 2 rings (SSSR count). The smallest absolute Gasteiger partial charge is 0.313 e. The average Bonchev–Trinajstić information content (AvgIpc) is 2.18. The van der Waals surface area contributed by atoms with Gasteiger partial charge in [-0.2, -0.15) is 0 Å². The topological polar surface area (TPSA) is 26.3 Å². The predicted molar refractivity (Wildman–Crippen MR) is 45.6 cm³/mol. The normalized spacial score (nSPS) is 49.5. The van der Waals surface area contributed by atoms with Crippen molar-refractivity contribution in [3.05, 3.63) is 0 Å². The molecule has 1 saturated heterocycles. The molecule has 68 valence electrons. The van der Waals surface area contributed by atoms with Crippen LogP contribution in [-0.2, 0) is 9.53 Å². The van der Waals surface area contributed by atoms with Crippen molar-refractivity contribution in [1.29, 1.82) is 0 Å². The fourth-order valence-corrected chi connectivity index (χ4v) is 2.55. The summed E-state index contributed by atoms with van der Waals surface area (Å²) in [7, 11) is 0. The number of fused-ring (bicyclic) bond motifs is 2. The molecule has 1 unspecified atom stereocenters. The number of carbonyl (C=O) groups excluding carboxylic acids is 1. The molecule has 0 aromatic carbocycles. The monoisotopic (exact) mass is 168 g/mol. The van der Waals surface area contributed by atoms with Crippen LogP contribution in [0.15, 0.2) is 0 Å². The van der Waals surface area contributed by atoms with Crippen molar-refractivity contribution in [3.63, 3.8) is 0 Å². The Balaban J connectivity index is 2.56. The first kappa shape index (κ1) is 8.09. The standard InChI is InChI=1S/C10H16O2/c1-8(2)9(3)5-6-10(8,4)12-7(9)11/h5-6H2,1-4H3/t9-,10?/m1/s1. The molecular formula is C10H16O2. The molecule has 2 heteroatoms. The van der Waals surface area contributed by atoms with Gasteiger partial charge in [0, 0.05) is 5.41 Å². The molecule has 12 heavy (non-hydrogen) atoms. The van der Waals surface area contributed by atoms with Crippen molar-refractivity contribution >= 4 is 5.97 Å². The summed E-state index contributed by atoms with van der Waals surface area (Å²) in [5.41, 5.74) is -0.447. The molecule has 2 fully saturated rings. The molecule has 2 nitrogen and oxygen atoms in total. The van der Waals surface area contributed by atoms with E-state index in [1.54, 1.807) is 0 Å². The Labute approximate surface area is 73.3 Å². The van der Waals surface area contributed by atoms with E-state index in [0.717, 1.165) is 12.8 Å². The zero-order chi connectivity index (χ0) is 9.20. The van der Waals surface area contributed by atoms with Crippen LogP contribution in [0.5, 0.6) is 0 Å². The fourth-order valence-electron chi connectivity index (χ4n) is 2.55. The summed E-state index contributed by atoms with van der Waals surface area (Å²) >= 11 is 0. The molecule has 1 heterocycles. The minimum atomic E-state index is -0.234. The van der Waals surface area contributed by atoms with Crippen LogP contribution < -0.4 is 0 Å². The van der Waals surface area contributed by atoms with E-state index in [0.29, 0.717) is 0 Å². The Morgan fingerprint density at radius 3 is 1.92 bits per heavy atom. The van der Waals surface area contributed by atoms with Crippen LogP contribution >= 0.6 is 0 Å². The van der Waals surface area contributed by atoms with Crippen molar-refractivity contribution in [2.75, 3.05) is 0 Å². The molecule has 1 aliphatic heterocycles. The Hall–Kier alpha value is -0.530. The maximum absolute atomic E-state index is 11.6. The highest BCUT2D eigenvalue weighted by Gasteiger charge is 2.70. The van der Waals surface area contributed by atoms with Crippen LogP contribution in [0.1, 0.15) is 40.5 Å². The summed E-state index contributed by atoms with van der Waals surface area (Å²) in [6.07, 6.45) is 2.00.